The van der Waals surface area contributed by atoms with Crippen LogP contribution < -0.4 is 20.3 Å². The molecule has 3 aromatic rings. The van der Waals surface area contributed by atoms with Crippen molar-refractivity contribution in [3.8, 4) is 11.5 Å². The zero-order valence-electron chi connectivity index (χ0n) is 15.9. The second-order valence-corrected chi connectivity index (χ2v) is 6.46. The number of methoxy groups -OCH3 is 1. The summed E-state index contributed by atoms with van der Waals surface area (Å²) in [5.74, 6) is 2.07. The standard InChI is InChI=1S/C21H25N3O3/c1-4-14(2)27-18-10-9-15(11-19(18)26-3)12-22-13-20-23-17-8-6-5-7-16(17)21(25)24-20/h5-11,14,22H,4,12-13H2,1-3H3,(H,23,24,25)/t14-/m0/s1. The van der Waals surface area contributed by atoms with Gasteiger partial charge >= 0.3 is 0 Å². The Labute approximate surface area is 158 Å². The fourth-order valence-corrected chi connectivity index (χ4v) is 2.76. The normalized spacial score (nSPS) is 12.1. The van der Waals surface area contributed by atoms with E-state index in [0.717, 1.165) is 17.7 Å². The predicted molar refractivity (Wildman–Crippen MR) is 106 cm³/mol. The van der Waals surface area contributed by atoms with E-state index in [1.165, 1.54) is 0 Å². The lowest BCUT2D eigenvalue weighted by Gasteiger charge is -2.16. The number of aromatic nitrogens is 2. The van der Waals surface area contributed by atoms with Crippen LogP contribution in [0.15, 0.2) is 47.3 Å². The number of para-hydroxylation sites is 1. The van der Waals surface area contributed by atoms with Crippen LogP contribution in [0, 0.1) is 0 Å². The minimum Gasteiger partial charge on any atom is -0.493 e. The molecule has 0 bridgehead atoms. The third-order valence-corrected chi connectivity index (χ3v) is 4.41. The molecular weight excluding hydrogens is 342 g/mol. The van der Waals surface area contributed by atoms with Gasteiger partial charge in [0.25, 0.3) is 5.56 Å². The smallest absolute Gasteiger partial charge is 0.258 e. The summed E-state index contributed by atoms with van der Waals surface area (Å²) in [4.78, 5) is 19.4. The third kappa shape index (κ3) is 4.65. The fraction of sp³-hybridized carbons (Fsp3) is 0.333. The lowest BCUT2D eigenvalue weighted by atomic mass is 10.2. The molecule has 0 saturated carbocycles. The lowest BCUT2D eigenvalue weighted by molar-refractivity contribution is 0.207. The van der Waals surface area contributed by atoms with Gasteiger partial charge in [0.2, 0.25) is 0 Å². The third-order valence-electron chi connectivity index (χ3n) is 4.41. The van der Waals surface area contributed by atoms with Gasteiger partial charge in [-0.05, 0) is 43.2 Å². The van der Waals surface area contributed by atoms with Gasteiger partial charge in [-0.2, -0.15) is 0 Å². The summed E-state index contributed by atoms with van der Waals surface area (Å²) in [5, 5.41) is 3.90. The van der Waals surface area contributed by atoms with Crippen molar-refractivity contribution in [1.82, 2.24) is 15.3 Å². The highest BCUT2D eigenvalue weighted by Crippen LogP contribution is 2.29. The molecule has 6 nitrogen and oxygen atoms in total. The number of benzene rings is 2. The first-order chi connectivity index (χ1) is 13.1. The quantitative estimate of drug-likeness (QED) is 0.638. The zero-order valence-corrected chi connectivity index (χ0v) is 15.9. The number of hydrogen-bond acceptors (Lipinski definition) is 5. The minimum absolute atomic E-state index is 0.120. The Morgan fingerprint density at radius 1 is 1.15 bits per heavy atom. The minimum atomic E-state index is -0.120. The number of nitrogens with zero attached hydrogens (tertiary/aromatic N) is 1. The van der Waals surface area contributed by atoms with Crippen LogP contribution in [0.3, 0.4) is 0 Å². The first-order valence-electron chi connectivity index (χ1n) is 9.13. The molecule has 0 radical (unpaired) electrons. The summed E-state index contributed by atoms with van der Waals surface area (Å²) < 4.78 is 11.3. The van der Waals surface area contributed by atoms with Gasteiger partial charge in [0.05, 0.1) is 30.7 Å². The molecule has 2 N–H and O–H groups in total. The topological polar surface area (TPSA) is 76.2 Å². The van der Waals surface area contributed by atoms with Crippen LogP contribution in [-0.4, -0.2) is 23.2 Å². The number of fused-ring (bicyclic) bond motifs is 1. The maximum absolute atomic E-state index is 12.1. The molecule has 0 spiro atoms. The average Bonchev–Trinajstić information content (AvgIpc) is 2.69. The number of aromatic amines is 1. The molecule has 3 rings (SSSR count). The summed E-state index contributed by atoms with van der Waals surface area (Å²) in [6.07, 6.45) is 1.07. The van der Waals surface area contributed by atoms with Crippen LogP contribution in [0.4, 0.5) is 0 Å². The van der Waals surface area contributed by atoms with Gasteiger partial charge in [0.1, 0.15) is 5.82 Å². The molecular formula is C21H25N3O3. The van der Waals surface area contributed by atoms with E-state index in [-0.39, 0.29) is 11.7 Å². The molecule has 1 aromatic heterocycles. The molecule has 0 saturated heterocycles. The van der Waals surface area contributed by atoms with E-state index in [1.54, 1.807) is 13.2 Å². The largest absolute Gasteiger partial charge is 0.493 e. The maximum Gasteiger partial charge on any atom is 0.258 e. The summed E-state index contributed by atoms with van der Waals surface area (Å²) >= 11 is 0. The van der Waals surface area contributed by atoms with Crippen LogP contribution in [-0.2, 0) is 13.1 Å². The first-order valence-corrected chi connectivity index (χ1v) is 9.13. The molecule has 1 heterocycles. The van der Waals surface area contributed by atoms with E-state index in [9.17, 15) is 4.79 Å². The zero-order chi connectivity index (χ0) is 19.2. The Morgan fingerprint density at radius 2 is 1.96 bits per heavy atom. The molecule has 27 heavy (non-hydrogen) atoms. The van der Waals surface area contributed by atoms with Gasteiger partial charge in [-0.15, -0.1) is 0 Å². The van der Waals surface area contributed by atoms with Crippen LogP contribution in [0.5, 0.6) is 11.5 Å². The second-order valence-electron chi connectivity index (χ2n) is 6.46. The number of rotatable bonds is 8. The molecule has 2 aromatic carbocycles. The fourth-order valence-electron chi connectivity index (χ4n) is 2.76. The van der Waals surface area contributed by atoms with Crippen molar-refractivity contribution in [1.29, 1.82) is 0 Å². The van der Waals surface area contributed by atoms with Gasteiger partial charge in [-0.25, -0.2) is 4.98 Å². The highest BCUT2D eigenvalue weighted by molar-refractivity contribution is 5.77. The summed E-state index contributed by atoms with van der Waals surface area (Å²) in [5.41, 5.74) is 1.64. The second kappa shape index (κ2) is 8.68. The molecule has 0 aliphatic carbocycles. The van der Waals surface area contributed by atoms with Crippen molar-refractivity contribution in [3.63, 3.8) is 0 Å². The Balaban J connectivity index is 1.66. The van der Waals surface area contributed by atoms with Crippen molar-refractivity contribution < 1.29 is 9.47 Å². The molecule has 142 valence electrons. The Kier molecular flexibility index (Phi) is 6.08. The molecule has 0 amide bonds. The summed E-state index contributed by atoms with van der Waals surface area (Å²) in [6, 6.07) is 13.2. The monoisotopic (exact) mass is 367 g/mol. The van der Waals surface area contributed by atoms with Crippen LogP contribution >= 0.6 is 0 Å². The highest BCUT2D eigenvalue weighted by Gasteiger charge is 2.09. The maximum atomic E-state index is 12.1. The first kappa shape index (κ1) is 18.9. The summed E-state index contributed by atoms with van der Waals surface area (Å²) in [6.45, 7) is 5.21. The number of ether oxygens (including phenoxy) is 2. The molecule has 1 atom stereocenters. The van der Waals surface area contributed by atoms with Gasteiger partial charge in [-0.3, -0.25) is 4.79 Å². The van der Waals surface area contributed by atoms with Gasteiger partial charge in [0.15, 0.2) is 11.5 Å². The Hall–Kier alpha value is -2.86. The highest BCUT2D eigenvalue weighted by atomic mass is 16.5. The predicted octanol–water partition coefficient (Wildman–Crippen LogP) is 3.40. The van der Waals surface area contributed by atoms with Crippen molar-refractivity contribution in [2.75, 3.05) is 7.11 Å². The Morgan fingerprint density at radius 3 is 2.74 bits per heavy atom. The van der Waals surface area contributed by atoms with Gasteiger partial charge < -0.3 is 19.8 Å². The van der Waals surface area contributed by atoms with E-state index in [0.29, 0.717) is 35.6 Å². The van der Waals surface area contributed by atoms with Crippen LogP contribution in [0.2, 0.25) is 0 Å². The number of hydrogen-bond donors (Lipinski definition) is 2. The van der Waals surface area contributed by atoms with Crippen molar-refractivity contribution in [2.45, 2.75) is 39.5 Å². The summed E-state index contributed by atoms with van der Waals surface area (Å²) in [7, 11) is 1.64. The van der Waals surface area contributed by atoms with E-state index in [1.807, 2.05) is 43.3 Å². The van der Waals surface area contributed by atoms with E-state index < -0.39 is 0 Å². The van der Waals surface area contributed by atoms with Gasteiger partial charge in [-0.1, -0.05) is 25.1 Å². The number of H-pyrrole nitrogens is 1. The molecule has 0 aliphatic heterocycles. The lowest BCUT2D eigenvalue weighted by Crippen LogP contribution is -2.19. The molecule has 0 fully saturated rings. The van der Waals surface area contributed by atoms with Gasteiger partial charge in [0, 0.05) is 6.54 Å². The van der Waals surface area contributed by atoms with E-state index in [2.05, 4.69) is 22.2 Å². The van der Waals surface area contributed by atoms with Crippen LogP contribution in [0.25, 0.3) is 10.9 Å². The molecule has 0 unspecified atom stereocenters. The Bertz CT molecular complexity index is 968. The van der Waals surface area contributed by atoms with Crippen molar-refractivity contribution in [3.05, 3.63) is 64.2 Å². The van der Waals surface area contributed by atoms with Crippen LogP contribution in [0.1, 0.15) is 31.7 Å². The number of nitrogens with one attached hydrogen (secondary N) is 2. The van der Waals surface area contributed by atoms with Crippen molar-refractivity contribution >= 4 is 10.9 Å². The average molecular weight is 367 g/mol. The van der Waals surface area contributed by atoms with E-state index in [4.69, 9.17) is 9.47 Å². The SMILES string of the molecule is CC[C@H](C)Oc1ccc(CNCc2nc3ccccc3c(=O)[nH]2)cc1OC. The van der Waals surface area contributed by atoms with Crippen molar-refractivity contribution in [2.24, 2.45) is 0 Å². The molecule has 6 heteroatoms. The molecule has 0 aliphatic rings. The van der Waals surface area contributed by atoms with E-state index >= 15 is 0 Å².